The van der Waals surface area contributed by atoms with E-state index >= 15 is 0 Å². The van der Waals surface area contributed by atoms with Crippen LogP contribution in [0.4, 0.5) is 4.39 Å². The number of benzene rings is 1. The van der Waals surface area contributed by atoms with Gasteiger partial charge in [0, 0.05) is 5.02 Å². The van der Waals surface area contributed by atoms with Crippen molar-refractivity contribution >= 4 is 33.2 Å². The summed E-state index contributed by atoms with van der Waals surface area (Å²) in [6.07, 6.45) is 0. The Hall–Kier alpha value is -0.360. The van der Waals surface area contributed by atoms with Crippen molar-refractivity contribution in [2.24, 2.45) is 0 Å². The van der Waals surface area contributed by atoms with Crippen LogP contribution in [0, 0.1) is 0 Å². The molecule has 1 aromatic carbocycles. The maximum absolute atomic E-state index is 12.9. The number of alkyl halides is 2. The van der Waals surface area contributed by atoms with Gasteiger partial charge in [0.1, 0.15) is 0 Å². The molecule has 1 rings (SSSR count). The van der Waals surface area contributed by atoms with Crippen molar-refractivity contribution in [1.29, 1.82) is 0 Å². The van der Waals surface area contributed by atoms with Gasteiger partial charge < -0.3 is 0 Å². The van der Waals surface area contributed by atoms with Crippen LogP contribution in [0.2, 0.25) is 5.02 Å². The largest absolute Gasteiger partial charge is 0.240 e. The lowest BCUT2D eigenvalue weighted by molar-refractivity contribution is 0.306. The lowest BCUT2D eigenvalue weighted by Crippen LogP contribution is -2.33. The summed E-state index contributed by atoms with van der Waals surface area (Å²) < 4.78 is 38.2. The van der Waals surface area contributed by atoms with Gasteiger partial charge in [0.15, 0.2) is 5.13 Å². The standard InChI is InChI=1S/C9H10Cl2FNO2S/c1-9(11,12)6-13-16(14,15)8-4-2-7(10)3-5-8/h2-5,13H,6H2,1H3. The Morgan fingerprint density at radius 2 is 1.88 bits per heavy atom. The number of sulfonamides is 1. The SMILES string of the molecule is CC(F)(Cl)CNS(=O)(=O)c1ccc(Cl)cc1. The van der Waals surface area contributed by atoms with Crippen LogP contribution in [0.15, 0.2) is 29.2 Å². The van der Waals surface area contributed by atoms with Crippen molar-refractivity contribution < 1.29 is 12.8 Å². The van der Waals surface area contributed by atoms with Crippen LogP contribution in [-0.2, 0) is 10.0 Å². The second-order valence-electron chi connectivity index (χ2n) is 3.35. The zero-order chi connectivity index (χ0) is 12.4. The van der Waals surface area contributed by atoms with Gasteiger partial charge in [-0.05, 0) is 31.2 Å². The minimum Gasteiger partial charge on any atom is -0.225 e. The molecule has 7 heteroatoms. The molecular formula is C9H10Cl2FNO2S. The topological polar surface area (TPSA) is 46.2 Å². The van der Waals surface area contributed by atoms with E-state index in [0.29, 0.717) is 5.02 Å². The molecule has 0 aliphatic heterocycles. The molecule has 0 fully saturated rings. The van der Waals surface area contributed by atoms with Crippen molar-refractivity contribution in [1.82, 2.24) is 4.72 Å². The van der Waals surface area contributed by atoms with E-state index in [1.54, 1.807) is 0 Å². The average molecular weight is 286 g/mol. The predicted octanol–water partition coefficient (Wildman–Crippen LogP) is 2.54. The Bertz CT molecular complexity index is 453. The van der Waals surface area contributed by atoms with Crippen LogP contribution in [0.1, 0.15) is 6.92 Å². The fourth-order valence-corrected chi connectivity index (χ4v) is 2.31. The van der Waals surface area contributed by atoms with Crippen molar-refractivity contribution in [2.45, 2.75) is 16.9 Å². The maximum Gasteiger partial charge on any atom is 0.240 e. The van der Waals surface area contributed by atoms with Gasteiger partial charge in [-0.1, -0.05) is 23.2 Å². The van der Waals surface area contributed by atoms with Crippen LogP contribution in [0.25, 0.3) is 0 Å². The fourth-order valence-electron chi connectivity index (χ4n) is 0.919. The van der Waals surface area contributed by atoms with E-state index in [1.165, 1.54) is 24.3 Å². The molecule has 0 saturated heterocycles. The highest BCUT2D eigenvalue weighted by molar-refractivity contribution is 7.89. The van der Waals surface area contributed by atoms with Gasteiger partial charge in [0.2, 0.25) is 10.0 Å². The van der Waals surface area contributed by atoms with Gasteiger partial charge in [-0.2, -0.15) is 0 Å². The van der Waals surface area contributed by atoms with Gasteiger partial charge in [-0.25, -0.2) is 17.5 Å². The first-order valence-corrected chi connectivity index (χ1v) is 6.58. The number of rotatable bonds is 4. The molecule has 1 atom stereocenters. The van der Waals surface area contributed by atoms with E-state index in [-0.39, 0.29) is 4.90 Å². The summed E-state index contributed by atoms with van der Waals surface area (Å²) in [7, 11) is -3.74. The summed E-state index contributed by atoms with van der Waals surface area (Å²) in [5.74, 6) is 0. The van der Waals surface area contributed by atoms with E-state index < -0.39 is 21.7 Å². The van der Waals surface area contributed by atoms with Crippen molar-refractivity contribution in [3.8, 4) is 0 Å². The van der Waals surface area contributed by atoms with Crippen molar-refractivity contribution in [2.75, 3.05) is 6.54 Å². The van der Waals surface area contributed by atoms with Gasteiger partial charge in [-0.15, -0.1) is 0 Å². The Balaban J connectivity index is 2.83. The lowest BCUT2D eigenvalue weighted by Gasteiger charge is -2.12. The van der Waals surface area contributed by atoms with E-state index in [0.717, 1.165) is 6.92 Å². The molecule has 0 saturated carbocycles. The zero-order valence-corrected chi connectivity index (χ0v) is 10.7. The van der Waals surface area contributed by atoms with Crippen LogP contribution in [0.5, 0.6) is 0 Å². The minimum atomic E-state index is -3.74. The Morgan fingerprint density at radius 3 is 2.31 bits per heavy atom. The lowest BCUT2D eigenvalue weighted by atomic mass is 10.4. The first-order valence-electron chi connectivity index (χ1n) is 4.34. The molecule has 0 bridgehead atoms. The number of nitrogens with one attached hydrogen (secondary N) is 1. The van der Waals surface area contributed by atoms with E-state index in [9.17, 15) is 12.8 Å². The van der Waals surface area contributed by atoms with Crippen molar-refractivity contribution in [3.05, 3.63) is 29.3 Å². The molecule has 0 spiro atoms. The van der Waals surface area contributed by atoms with Crippen LogP contribution in [0.3, 0.4) is 0 Å². The second kappa shape index (κ2) is 4.87. The van der Waals surface area contributed by atoms with Gasteiger partial charge >= 0.3 is 0 Å². The molecule has 0 radical (unpaired) electrons. The maximum atomic E-state index is 12.9. The molecule has 0 aliphatic carbocycles. The highest BCUT2D eigenvalue weighted by Gasteiger charge is 2.23. The monoisotopic (exact) mass is 285 g/mol. The summed E-state index contributed by atoms with van der Waals surface area (Å²) in [5.41, 5.74) is 0. The molecule has 16 heavy (non-hydrogen) atoms. The van der Waals surface area contributed by atoms with Gasteiger partial charge in [0.05, 0.1) is 11.4 Å². The second-order valence-corrected chi connectivity index (χ2v) is 6.34. The first kappa shape index (κ1) is 13.7. The third kappa shape index (κ3) is 4.25. The first-order chi connectivity index (χ1) is 7.21. The van der Waals surface area contributed by atoms with Gasteiger partial charge in [0.25, 0.3) is 0 Å². The number of halogens is 3. The summed E-state index contributed by atoms with van der Waals surface area (Å²) in [5, 5.41) is -1.69. The van der Waals surface area contributed by atoms with Crippen LogP contribution >= 0.6 is 23.2 Å². The molecule has 0 aliphatic rings. The minimum absolute atomic E-state index is 0.0119. The van der Waals surface area contributed by atoms with Crippen molar-refractivity contribution in [3.63, 3.8) is 0 Å². The Morgan fingerprint density at radius 1 is 1.38 bits per heavy atom. The highest BCUT2D eigenvalue weighted by atomic mass is 35.5. The summed E-state index contributed by atoms with van der Waals surface area (Å²) >= 11 is 10.9. The van der Waals surface area contributed by atoms with Gasteiger partial charge in [-0.3, -0.25) is 0 Å². The third-order valence-corrected chi connectivity index (χ3v) is 3.50. The summed E-state index contributed by atoms with van der Waals surface area (Å²) in [6.45, 7) is 0.568. The zero-order valence-electron chi connectivity index (χ0n) is 8.38. The average Bonchev–Trinajstić information content (AvgIpc) is 2.15. The normalized spacial score (nSPS) is 15.8. The number of hydrogen-bond donors (Lipinski definition) is 1. The molecule has 0 aromatic heterocycles. The third-order valence-electron chi connectivity index (χ3n) is 1.70. The van der Waals surface area contributed by atoms with E-state index in [2.05, 4.69) is 4.72 Å². The molecule has 1 aromatic rings. The molecule has 0 heterocycles. The molecule has 0 amide bonds. The van der Waals surface area contributed by atoms with E-state index in [4.69, 9.17) is 23.2 Å². The smallest absolute Gasteiger partial charge is 0.225 e. The summed E-state index contributed by atoms with van der Waals surface area (Å²) in [6, 6.07) is 5.53. The predicted molar refractivity (Wildman–Crippen MR) is 62.0 cm³/mol. The quantitative estimate of drug-likeness (QED) is 0.865. The molecule has 90 valence electrons. The molecule has 1 unspecified atom stereocenters. The van der Waals surface area contributed by atoms with Crippen LogP contribution < -0.4 is 4.72 Å². The molecular weight excluding hydrogens is 276 g/mol. The van der Waals surface area contributed by atoms with Crippen LogP contribution in [-0.4, -0.2) is 20.1 Å². The Kier molecular flexibility index (Phi) is 4.17. The number of hydrogen-bond acceptors (Lipinski definition) is 2. The highest BCUT2D eigenvalue weighted by Crippen LogP contribution is 2.17. The summed E-state index contributed by atoms with van der Waals surface area (Å²) in [4.78, 5) is 0.0119. The fraction of sp³-hybridized carbons (Fsp3) is 0.333. The molecule has 1 N–H and O–H groups in total. The molecule has 3 nitrogen and oxygen atoms in total. The Labute approximate surface area is 104 Å². The van der Waals surface area contributed by atoms with E-state index in [1.807, 2.05) is 0 Å².